The minimum Gasteiger partial charge on any atom is -0.495 e. The molecular weight excluding hydrogens is 262 g/mol. The maximum absolute atomic E-state index is 14.0. The molecule has 0 amide bonds. The zero-order valence-electron chi connectivity index (χ0n) is 11.4. The smallest absolute Gasteiger partial charge is 0.142 e. The van der Waals surface area contributed by atoms with Gasteiger partial charge in [-0.25, -0.2) is 8.78 Å². The number of nitrogens with zero attached hydrogens (tertiary/aromatic N) is 1. The molecule has 1 aromatic carbocycles. The van der Waals surface area contributed by atoms with Crippen LogP contribution in [0, 0.1) is 11.6 Å². The van der Waals surface area contributed by atoms with E-state index in [0.29, 0.717) is 18.0 Å². The number of hydrogen-bond donors (Lipinski definition) is 1. The largest absolute Gasteiger partial charge is 0.495 e. The van der Waals surface area contributed by atoms with Crippen LogP contribution in [0.2, 0.25) is 0 Å². The molecule has 0 fully saturated rings. The minimum atomic E-state index is -0.563. The lowest BCUT2D eigenvalue weighted by molar-refractivity contribution is 0.399. The molecule has 1 aromatic heterocycles. The van der Waals surface area contributed by atoms with Crippen LogP contribution in [0.5, 0.6) is 5.75 Å². The van der Waals surface area contributed by atoms with Crippen molar-refractivity contribution in [3.63, 3.8) is 0 Å². The van der Waals surface area contributed by atoms with Gasteiger partial charge < -0.3 is 10.1 Å². The SMILES string of the molecule is CCNC(c1cc(F)ccc1F)c1ncccc1OC. The van der Waals surface area contributed by atoms with Gasteiger partial charge in [0, 0.05) is 11.8 Å². The Kier molecular flexibility index (Phi) is 4.63. The van der Waals surface area contributed by atoms with Crippen molar-refractivity contribution >= 4 is 0 Å². The summed E-state index contributed by atoms with van der Waals surface area (Å²) in [6, 6.07) is 6.29. The molecule has 0 bridgehead atoms. The highest BCUT2D eigenvalue weighted by molar-refractivity contribution is 5.37. The third-order valence-electron chi connectivity index (χ3n) is 2.97. The molecule has 1 unspecified atom stereocenters. The molecule has 0 saturated carbocycles. The third-order valence-corrected chi connectivity index (χ3v) is 2.97. The standard InChI is InChI=1S/C15H16F2N2O/c1-3-18-14(11-9-10(16)6-7-12(11)17)15-13(20-2)5-4-8-19-15/h4-9,14,18H,3H2,1-2H3. The summed E-state index contributed by atoms with van der Waals surface area (Å²) in [6.45, 7) is 2.47. The Morgan fingerprint density at radius 2 is 2.10 bits per heavy atom. The fraction of sp³-hybridized carbons (Fsp3) is 0.267. The van der Waals surface area contributed by atoms with E-state index in [0.717, 1.165) is 12.1 Å². The van der Waals surface area contributed by atoms with Crippen molar-refractivity contribution in [2.75, 3.05) is 13.7 Å². The Balaban J connectivity index is 2.53. The zero-order chi connectivity index (χ0) is 14.5. The van der Waals surface area contributed by atoms with Gasteiger partial charge in [0.05, 0.1) is 13.2 Å². The lowest BCUT2D eigenvalue weighted by Crippen LogP contribution is -2.24. The molecule has 2 aromatic rings. The van der Waals surface area contributed by atoms with E-state index in [9.17, 15) is 8.78 Å². The number of hydrogen-bond acceptors (Lipinski definition) is 3. The van der Waals surface area contributed by atoms with Gasteiger partial charge in [0.1, 0.15) is 23.1 Å². The first-order valence-electron chi connectivity index (χ1n) is 6.34. The molecule has 0 aliphatic heterocycles. The Bertz CT molecular complexity index is 590. The van der Waals surface area contributed by atoms with Crippen LogP contribution < -0.4 is 10.1 Å². The molecule has 0 radical (unpaired) electrons. The predicted octanol–water partition coefficient (Wildman–Crippen LogP) is 3.07. The summed E-state index contributed by atoms with van der Waals surface area (Å²) in [5, 5.41) is 3.11. The molecule has 5 heteroatoms. The highest BCUT2D eigenvalue weighted by atomic mass is 19.1. The summed E-state index contributed by atoms with van der Waals surface area (Å²) in [6.07, 6.45) is 1.60. The molecule has 0 aliphatic rings. The second-order valence-electron chi connectivity index (χ2n) is 4.25. The number of nitrogens with one attached hydrogen (secondary N) is 1. The van der Waals surface area contributed by atoms with Crippen molar-refractivity contribution in [2.45, 2.75) is 13.0 Å². The normalized spacial score (nSPS) is 12.2. The monoisotopic (exact) mass is 278 g/mol. The van der Waals surface area contributed by atoms with Crippen LogP contribution in [-0.2, 0) is 0 Å². The first kappa shape index (κ1) is 14.4. The van der Waals surface area contributed by atoms with Crippen molar-refractivity contribution in [3.8, 4) is 5.75 Å². The summed E-state index contributed by atoms with van der Waals surface area (Å²) in [5.74, 6) is -0.439. The number of aromatic nitrogens is 1. The van der Waals surface area contributed by atoms with E-state index in [1.165, 1.54) is 13.2 Å². The molecule has 0 aliphatic carbocycles. The molecular formula is C15H16F2N2O. The molecule has 0 saturated heterocycles. The second-order valence-corrected chi connectivity index (χ2v) is 4.25. The van der Waals surface area contributed by atoms with E-state index in [-0.39, 0.29) is 5.56 Å². The van der Waals surface area contributed by atoms with Crippen LogP contribution in [0.1, 0.15) is 24.2 Å². The van der Waals surface area contributed by atoms with E-state index >= 15 is 0 Å². The molecule has 106 valence electrons. The van der Waals surface area contributed by atoms with Gasteiger partial charge in [-0.3, -0.25) is 4.98 Å². The molecule has 2 rings (SSSR count). The summed E-state index contributed by atoms with van der Waals surface area (Å²) >= 11 is 0. The number of ether oxygens (including phenoxy) is 1. The van der Waals surface area contributed by atoms with E-state index in [4.69, 9.17) is 4.74 Å². The Morgan fingerprint density at radius 1 is 1.30 bits per heavy atom. The molecule has 1 N–H and O–H groups in total. The summed E-state index contributed by atoms with van der Waals surface area (Å²) in [7, 11) is 1.52. The van der Waals surface area contributed by atoms with Gasteiger partial charge in [-0.1, -0.05) is 6.92 Å². The van der Waals surface area contributed by atoms with Gasteiger partial charge in [-0.2, -0.15) is 0 Å². The number of methoxy groups -OCH3 is 1. The van der Waals surface area contributed by atoms with Gasteiger partial charge in [0.15, 0.2) is 0 Å². The summed E-state index contributed by atoms with van der Waals surface area (Å²) < 4.78 is 32.6. The Hall–Kier alpha value is -2.01. The minimum absolute atomic E-state index is 0.212. The van der Waals surface area contributed by atoms with E-state index in [1.54, 1.807) is 18.3 Å². The fourth-order valence-electron chi connectivity index (χ4n) is 2.09. The van der Waals surface area contributed by atoms with Crippen LogP contribution in [-0.4, -0.2) is 18.6 Å². The molecule has 3 nitrogen and oxygen atoms in total. The Labute approximate surface area is 116 Å². The highest BCUT2D eigenvalue weighted by Crippen LogP contribution is 2.29. The van der Waals surface area contributed by atoms with Crippen LogP contribution in [0.15, 0.2) is 36.5 Å². The van der Waals surface area contributed by atoms with Crippen molar-refractivity contribution in [3.05, 3.63) is 59.4 Å². The van der Waals surface area contributed by atoms with Gasteiger partial charge in [-0.15, -0.1) is 0 Å². The van der Waals surface area contributed by atoms with Gasteiger partial charge in [0.2, 0.25) is 0 Å². The zero-order valence-corrected chi connectivity index (χ0v) is 11.4. The fourth-order valence-corrected chi connectivity index (χ4v) is 2.09. The molecule has 1 atom stereocenters. The number of rotatable bonds is 5. The first-order valence-corrected chi connectivity index (χ1v) is 6.34. The average Bonchev–Trinajstić information content (AvgIpc) is 2.47. The molecule has 1 heterocycles. The van der Waals surface area contributed by atoms with Gasteiger partial charge in [-0.05, 0) is 36.9 Å². The predicted molar refractivity (Wildman–Crippen MR) is 72.7 cm³/mol. The van der Waals surface area contributed by atoms with Crippen LogP contribution >= 0.6 is 0 Å². The highest BCUT2D eigenvalue weighted by Gasteiger charge is 2.22. The lowest BCUT2D eigenvalue weighted by atomic mass is 10.0. The van der Waals surface area contributed by atoms with Gasteiger partial charge in [0.25, 0.3) is 0 Å². The second kappa shape index (κ2) is 6.43. The average molecular weight is 278 g/mol. The molecule has 20 heavy (non-hydrogen) atoms. The van der Waals surface area contributed by atoms with Crippen molar-refractivity contribution in [1.29, 1.82) is 0 Å². The quantitative estimate of drug-likeness (QED) is 0.912. The van der Waals surface area contributed by atoms with E-state index in [2.05, 4.69) is 10.3 Å². The number of pyridine rings is 1. The third kappa shape index (κ3) is 2.93. The van der Waals surface area contributed by atoms with Gasteiger partial charge >= 0.3 is 0 Å². The van der Waals surface area contributed by atoms with Crippen molar-refractivity contribution in [2.24, 2.45) is 0 Å². The first-order chi connectivity index (χ1) is 9.67. The molecule has 0 spiro atoms. The van der Waals surface area contributed by atoms with E-state index < -0.39 is 17.7 Å². The number of halogens is 2. The number of benzene rings is 1. The van der Waals surface area contributed by atoms with Crippen molar-refractivity contribution in [1.82, 2.24) is 10.3 Å². The lowest BCUT2D eigenvalue weighted by Gasteiger charge is -2.20. The van der Waals surface area contributed by atoms with Crippen LogP contribution in [0.4, 0.5) is 8.78 Å². The van der Waals surface area contributed by atoms with Crippen molar-refractivity contribution < 1.29 is 13.5 Å². The maximum atomic E-state index is 14.0. The van der Waals surface area contributed by atoms with E-state index in [1.807, 2.05) is 6.92 Å². The summed E-state index contributed by atoms with van der Waals surface area (Å²) in [5.41, 5.74) is 0.741. The summed E-state index contributed by atoms with van der Waals surface area (Å²) in [4.78, 5) is 4.24. The van der Waals surface area contributed by atoms with Crippen LogP contribution in [0.25, 0.3) is 0 Å². The maximum Gasteiger partial charge on any atom is 0.142 e. The Morgan fingerprint density at radius 3 is 2.80 bits per heavy atom. The van der Waals surface area contributed by atoms with Crippen LogP contribution in [0.3, 0.4) is 0 Å². The topological polar surface area (TPSA) is 34.2 Å².